The molecule has 0 nitrogen and oxygen atoms in total. The summed E-state index contributed by atoms with van der Waals surface area (Å²) >= 11 is 8.13. The van der Waals surface area contributed by atoms with Gasteiger partial charge in [0.05, 0.1) is 0 Å². The first-order valence-corrected chi connectivity index (χ1v) is 33.3. The first-order chi connectivity index (χ1) is 30.5. The van der Waals surface area contributed by atoms with Crippen molar-refractivity contribution in [2.24, 2.45) is 0 Å². The van der Waals surface area contributed by atoms with Crippen molar-refractivity contribution in [3.05, 3.63) is 225 Å². The predicted octanol–water partition coefficient (Wildman–Crippen LogP) is 18.5. The number of allylic oxidation sites excluding steroid dienone is 4. The molecule has 0 aromatic heterocycles. The van der Waals surface area contributed by atoms with E-state index in [0.717, 1.165) is 35.9 Å². The van der Waals surface area contributed by atoms with Gasteiger partial charge in [-0.05, 0) is 0 Å². The van der Waals surface area contributed by atoms with Crippen molar-refractivity contribution >= 4 is 65.0 Å². The minimum atomic E-state index is -6.05. The van der Waals surface area contributed by atoms with E-state index in [2.05, 4.69) is 199 Å². The second-order valence-electron chi connectivity index (χ2n) is 19.7. The topological polar surface area (TPSA) is 0 Å². The molecule has 64 heavy (non-hydrogen) atoms. The van der Waals surface area contributed by atoms with Gasteiger partial charge in [0.15, 0.2) is 0 Å². The van der Waals surface area contributed by atoms with Gasteiger partial charge in [0.25, 0.3) is 0 Å². The van der Waals surface area contributed by atoms with Crippen molar-refractivity contribution in [1.29, 1.82) is 0 Å². The second kappa shape index (κ2) is 15.9. The molecule has 0 fully saturated rings. The Morgan fingerprint density at radius 3 is 1.20 bits per heavy atom. The van der Waals surface area contributed by atoms with E-state index < -0.39 is 15.9 Å². The van der Waals surface area contributed by atoms with E-state index in [4.69, 9.17) is 23.2 Å². The molecule has 0 N–H and O–H groups in total. The van der Waals surface area contributed by atoms with Gasteiger partial charge in [-0.25, -0.2) is 0 Å². The molecule has 8 aromatic carbocycles. The van der Waals surface area contributed by atoms with Gasteiger partial charge < -0.3 is 0 Å². The molecular weight excluding hydrogens is 942 g/mol. The van der Waals surface area contributed by atoms with E-state index in [1.807, 2.05) is 24.3 Å². The summed E-state index contributed by atoms with van der Waals surface area (Å²) < 4.78 is 0.328. The first-order valence-electron chi connectivity index (χ1n) is 22.2. The van der Waals surface area contributed by atoms with Gasteiger partial charge in [0, 0.05) is 0 Å². The van der Waals surface area contributed by atoms with Crippen molar-refractivity contribution in [2.75, 3.05) is 0 Å². The van der Waals surface area contributed by atoms with Gasteiger partial charge in [0.1, 0.15) is 0 Å². The zero-order chi connectivity index (χ0) is 44.8. The van der Waals surface area contributed by atoms with Crippen LogP contribution in [0.2, 0.25) is 13.7 Å². The molecule has 10 rings (SSSR count). The van der Waals surface area contributed by atoms with Gasteiger partial charge in [-0.2, -0.15) is 0 Å². The zero-order valence-corrected chi connectivity index (χ0v) is 42.5. The molecular formula is C59H50Cl4Zr. The van der Waals surface area contributed by atoms with Crippen LogP contribution in [0.4, 0.5) is 0 Å². The fraction of sp³-hybridized carbons (Fsp3) is 0.169. The SMILES string of the molecule is CC(C)(C)c1cc2c(cc1-c1ccccc1)[CH]([Zr]([Cl])([Cl])(=[C](c1ccc(Cl)c3ccccc13)c1ccc(Cl)c3ccccc13)[CH]1C=CC=C1)c1cc(-c3ccccc3)c(C(C)(C)C)cc1-2. The van der Waals surface area contributed by atoms with E-state index >= 15 is 0 Å². The summed E-state index contributed by atoms with van der Waals surface area (Å²) in [6.45, 7) is 13.9. The zero-order valence-electron chi connectivity index (χ0n) is 37.0. The fourth-order valence-electron chi connectivity index (χ4n) is 10.8. The molecule has 0 amide bonds. The Kier molecular flexibility index (Phi) is 10.8. The molecule has 0 bridgehead atoms. The number of benzene rings is 8. The van der Waals surface area contributed by atoms with Crippen molar-refractivity contribution < 1.29 is 15.9 Å². The van der Waals surface area contributed by atoms with Crippen LogP contribution in [0.1, 0.15) is 78.5 Å². The quantitative estimate of drug-likeness (QED) is 0.156. The average Bonchev–Trinajstić information content (AvgIpc) is 3.96. The summed E-state index contributed by atoms with van der Waals surface area (Å²) in [5.41, 5.74) is 13.7. The average molecular weight is 992 g/mol. The fourth-order valence-corrected chi connectivity index (χ4v) is 30.5. The monoisotopic (exact) mass is 988 g/mol. The molecule has 0 atom stereocenters. The van der Waals surface area contributed by atoms with Crippen LogP contribution in [0.15, 0.2) is 182 Å². The van der Waals surface area contributed by atoms with E-state index in [1.54, 1.807) is 0 Å². The maximum absolute atomic E-state index is 9.40. The Bertz CT molecular complexity index is 3110. The number of hydrogen-bond acceptors (Lipinski definition) is 0. The van der Waals surface area contributed by atoms with Crippen LogP contribution in [0.25, 0.3) is 54.9 Å². The normalized spacial score (nSPS) is 14.4. The van der Waals surface area contributed by atoms with Gasteiger partial charge in [-0.3, -0.25) is 0 Å². The van der Waals surface area contributed by atoms with Crippen LogP contribution in [-0.2, 0) is 26.7 Å². The Balaban J connectivity index is 1.48. The van der Waals surface area contributed by atoms with Crippen molar-refractivity contribution in [3.8, 4) is 33.4 Å². The Morgan fingerprint density at radius 1 is 0.438 bits per heavy atom. The number of halogens is 4. The van der Waals surface area contributed by atoms with E-state index in [1.165, 1.54) is 55.6 Å². The molecule has 0 spiro atoms. The molecule has 0 radical (unpaired) electrons. The molecule has 2 aliphatic rings. The molecule has 0 heterocycles. The molecule has 8 aromatic rings. The molecule has 0 saturated heterocycles. The summed E-state index contributed by atoms with van der Waals surface area (Å²) in [6.07, 6.45) is 8.80. The maximum atomic E-state index is 9.40. The number of hydrogen-bond donors (Lipinski definition) is 0. The van der Waals surface area contributed by atoms with E-state index in [0.29, 0.717) is 10.0 Å². The third-order valence-electron chi connectivity index (χ3n) is 13.7. The Hall–Kier alpha value is -4.33. The number of fused-ring (bicyclic) bond motifs is 5. The van der Waals surface area contributed by atoms with Crippen molar-refractivity contribution in [2.45, 2.75) is 59.6 Å². The van der Waals surface area contributed by atoms with Crippen molar-refractivity contribution in [3.63, 3.8) is 0 Å². The molecule has 0 unspecified atom stereocenters. The Labute approximate surface area is 395 Å². The number of rotatable bonds is 6. The van der Waals surface area contributed by atoms with Gasteiger partial charge in [-0.15, -0.1) is 0 Å². The van der Waals surface area contributed by atoms with Crippen LogP contribution in [-0.4, -0.2) is 3.21 Å². The minimum absolute atomic E-state index is 0.173. The summed E-state index contributed by atoms with van der Waals surface area (Å²) in [5.74, 6) is 0. The molecule has 5 heteroatoms. The van der Waals surface area contributed by atoms with Crippen LogP contribution < -0.4 is 0 Å². The van der Waals surface area contributed by atoms with E-state index in [-0.39, 0.29) is 18.1 Å². The summed E-state index contributed by atoms with van der Waals surface area (Å²) in [4.78, 5) is 0. The summed E-state index contributed by atoms with van der Waals surface area (Å²) in [7, 11) is 18.8. The summed E-state index contributed by atoms with van der Waals surface area (Å²) in [5, 5.41) is 5.29. The van der Waals surface area contributed by atoms with Gasteiger partial charge in [0.2, 0.25) is 0 Å². The van der Waals surface area contributed by atoms with Crippen molar-refractivity contribution in [1.82, 2.24) is 0 Å². The van der Waals surface area contributed by atoms with E-state index in [9.17, 15) is 17.0 Å². The predicted molar refractivity (Wildman–Crippen MR) is 277 cm³/mol. The molecule has 0 aliphatic heterocycles. The molecule has 0 saturated carbocycles. The second-order valence-corrected chi connectivity index (χ2v) is 41.3. The summed E-state index contributed by atoms with van der Waals surface area (Å²) in [6, 6.07) is 56.7. The van der Waals surface area contributed by atoms with Crippen LogP contribution in [0, 0.1) is 0 Å². The first kappa shape index (κ1) is 43.6. The standard InChI is InChI=1S/C33H33.C21H12Cl2.C5H5.2ClH.Zr/c1-32(2,3)30-20-26-24(18-28(30)22-13-9-7-10-14-22)17-25-19-29(23-15-11-8-12-16-23)31(21-27(25)26)33(4,5)6;22-20-11-9-14(16-5-1-3-7-18(16)20)13-15-10-12-21(23)19-8-4-2-6-17(15)19;1-2-4-5-3-1;;;/h7-21H,1-6H3;1-12H;1-5H;2*1H;/q;;;;;+2/p-2. The third kappa shape index (κ3) is 7.00. The molecule has 2 aliphatic carbocycles. The Morgan fingerprint density at radius 2 is 0.812 bits per heavy atom. The van der Waals surface area contributed by atoms with Gasteiger partial charge in [-0.1, -0.05) is 0 Å². The molecule has 318 valence electrons. The van der Waals surface area contributed by atoms with Gasteiger partial charge >= 0.3 is 399 Å². The third-order valence-corrected chi connectivity index (χ3v) is 33.9. The van der Waals surface area contributed by atoms with Crippen LogP contribution >= 0.6 is 40.2 Å². The van der Waals surface area contributed by atoms with Crippen LogP contribution in [0.3, 0.4) is 0 Å². The van der Waals surface area contributed by atoms with Crippen LogP contribution in [0.5, 0.6) is 0 Å².